The minimum Gasteiger partial charge on any atom is -0.467 e. The van der Waals surface area contributed by atoms with Gasteiger partial charge >= 0.3 is 11.9 Å². The van der Waals surface area contributed by atoms with E-state index in [9.17, 15) is 14.4 Å². The van der Waals surface area contributed by atoms with Crippen molar-refractivity contribution in [1.29, 1.82) is 0 Å². The largest absolute Gasteiger partial charge is 0.467 e. The SMILES string of the molecule is COC(=O)[C@H](Cc1ccc(C(=O)OC(C)(C)C)cc1)NC(=O)CC(C)C. The van der Waals surface area contributed by atoms with Gasteiger partial charge < -0.3 is 14.8 Å². The third-order valence-electron chi connectivity index (χ3n) is 3.44. The van der Waals surface area contributed by atoms with Crippen LogP contribution in [0.25, 0.3) is 0 Å². The molecule has 1 amide bonds. The molecule has 0 radical (unpaired) electrons. The van der Waals surface area contributed by atoms with Crippen LogP contribution < -0.4 is 5.32 Å². The lowest BCUT2D eigenvalue weighted by Crippen LogP contribution is -2.43. The first kappa shape index (κ1) is 21.7. The fraction of sp³-hybridized carbons (Fsp3) is 0.550. The smallest absolute Gasteiger partial charge is 0.338 e. The van der Waals surface area contributed by atoms with E-state index in [2.05, 4.69) is 5.32 Å². The van der Waals surface area contributed by atoms with Crippen molar-refractivity contribution in [2.24, 2.45) is 5.92 Å². The van der Waals surface area contributed by atoms with Crippen LogP contribution in [-0.4, -0.2) is 36.6 Å². The minimum absolute atomic E-state index is 0.194. The van der Waals surface area contributed by atoms with Crippen LogP contribution in [-0.2, 0) is 25.5 Å². The molecule has 0 spiro atoms. The highest BCUT2D eigenvalue weighted by Gasteiger charge is 2.23. The Labute approximate surface area is 155 Å². The summed E-state index contributed by atoms with van der Waals surface area (Å²) in [6.45, 7) is 9.28. The van der Waals surface area contributed by atoms with E-state index in [0.717, 1.165) is 5.56 Å². The number of hydrogen-bond donors (Lipinski definition) is 1. The van der Waals surface area contributed by atoms with Crippen molar-refractivity contribution in [3.05, 3.63) is 35.4 Å². The zero-order valence-electron chi connectivity index (χ0n) is 16.4. The highest BCUT2D eigenvalue weighted by Crippen LogP contribution is 2.14. The topological polar surface area (TPSA) is 81.7 Å². The number of hydrogen-bond acceptors (Lipinski definition) is 5. The van der Waals surface area contributed by atoms with Gasteiger partial charge in [0.2, 0.25) is 5.91 Å². The summed E-state index contributed by atoms with van der Waals surface area (Å²) in [5, 5.41) is 2.71. The summed E-state index contributed by atoms with van der Waals surface area (Å²) in [6, 6.07) is 6.01. The highest BCUT2D eigenvalue weighted by molar-refractivity contribution is 5.89. The van der Waals surface area contributed by atoms with E-state index >= 15 is 0 Å². The van der Waals surface area contributed by atoms with Gasteiger partial charge in [-0.25, -0.2) is 9.59 Å². The van der Waals surface area contributed by atoms with Crippen LogP contribution in [0.3, 0.4) is 0 Å². The molecule has 0 aliphatic rings. The lowest BCUT2D eigenvalue weighted by atomic mass is 10.0. The van der Waals surface area contributed by atoms with Crippen molar-refractivity contribution in [1.82, 2.24) is 5.32 Å². The maximum Gasteiger partial charge on any atom is 0.338 e. The monoisotopic (exact) mass is 363 g/mol. The summed E-state index contributed by atoms with van der Waals surface area (Å²) in [4.78, 5) is 36.0. The molecule has 0 aromatic heterocycles. The predicted octanol–water partition coefficient (Wildman–Crippen LogP) is 2.89. The van der Waals surface area contributed by atoms with Crippen molar-refractivity contribution in [2.45, 2.75) is 59.1 Å². The van der Waals surface area contributed by atoms with Crippen LogP contribution >= 0.6 is 0 Å². The lowest BCUT2D eigenvalue weighted by Gasteiger charge is -2.20. The number of rotatable bonds is 7. The van der Waals surface area contributed by atoms with Gasteiger partial charge in [0, 0.05) is 12.8 Å². The van der Waals surface area contributed by atoms with Crippen LogP contribution in [0.4, 0.5) is 0 Å². The third-order valence-corrected chi connectivity index (χ3v) is 3.44. The highest BCUT2D eigenvalue weighted by atomic mass is 16.6. The fourth-order valence-corrected chi connectivity index (χ4v) is 2.31. The molecule has 144 valence electrons. The number of ether oxygens (including phenoxy) is 2. The zero-order chi connectivity index (χ0) is 19.9. The quantitative estimate of drug-likeness (QED) is 0.753. The fourth-order valence-electron chi connectivity index (χ4n) is 2.31. The Balaban J connectivity index is 2.80. The van der Waals surface area contributed by atoms with Crippen LogP contribution in [0, 0.1) is 5.92 Å². The van der Waals surface area contributed by atoms with Crippen LogP contribution in [0.2, 0.25) is 0 Å². The minimum atomic E-state index is -0.765. The van der Waals surface area contributed by atoms with Gasteiger partial charge in [0.15, 0.2) is 0 Å². The molecule has 1 rings (SSSR count). The molecule has 0 saturated carbocycles. The number of nitrogens with one attached hydrogen (secondary N) is 1. The molecule has 0 saturated heterocycles. The van der Waals surface area contributed by atoms with Gasteiger partial charge in [0.1, 0.15) is 11.6 Å². The molecule has 1 atom stereocenters. The second-order valence-corrected chi connectivity index (χ2v) is 7.64. The first-order valence-corrected chi connectivity index (χ1v) is 8.71. The van der Waals surface area contributed by atoms with Crippen molar-refractivity contribution in [3.63, 3.8) is 0 Å². The van der Waals surface area contributed by atoms with E-state index in [1.54, 1.807) is 45.0 Å². The molecule has 0 bridgehead atoms. The van der Waals surface area contributed by atoms with E-state index in [1.807, 2.05) is 13.8 Å². The Morgan fingerprint density at radius 1 is 1.08 bits per heavy atom. The number of benzene rings is 1. The van der Waals surface area contributed by atoms with Crippen LogP contribution in [0.15, 0.2) is 24.3 Å². The Kier molecular flexibility index (Phi) is 7.80. The molecule has 26 heavy (non-hydrogen) atoms. The molecule has 1 aromatic rings. The first-order valence-electron chi connectivity index (χ1n) is 8.71. The molecule has 6 heteroatoms. The van der Waals surface area contributed by atoms with Crippen molar-refractivity contribution >= 4 is 17.8 Å². The molecule has 1 N–H and O–H groups in total. The van der Waals surface area contributed by atoms with Gasteiger partial charge in [-0.15, -0.1) is 0 Å². The second kappa shape index (κ2) is 9.36. The van der Waals surface area contributed by atoms with Gasteiger partial charge in [-0.2, -0.15) is 0 Å². The van der Waals surface area contributed by atoms with E-state index < -0.39 is 23.6 Å². The van der Waals surface area contributed by atoms with Gasteiger partial charge in [0.05, 0.1) is 12.7 Å². The third kappa shape index (κ3) is 7.68. The molecule has 0 fully saturated rings. The Bertz CT molecular complexity index is 629. The average Bonchev–Trinajstić information content (AvgIpc) is 2.51. The predicted molar refractivity (Wildman–Crippen MR) is 98.7 cm³/mol. The maximum atomic E-state index is 12.0. The summed E-state index contributed by atoms with van der Waals surface area (Å²) < 4.78 is 10.1. The lowest BCUT2D eigenvalue weighted by molar-refractivity contribution is -0.145. The number of methoxy groups -OCH3 is 1. The summed E-state index contributed by atoms with van der Waals surface area (Å²) in [7, 11) is 1.29. The standard InChI is InChI=1S/C20H29NO5/c1-13(2)11-17(22)21-16(19(24)25-6)12-14-7-9-15(10-8-14)18(23)26-20(3,4)5/h7-10,13,16H,11-12H2,1-6H3,(H,21,22)/t16-/m0/s1. The number of carbonyl (C=O) groups is 3. The zero-order valence-corrected chi connectivity index (χ0v) is 16.4. The molecule has 0 aliphatic carbocycles. The molecule has 0 unspecified atom stereocenters. The van der Waals surface area contributed by atoms with Gasteiger partial charge in [-0.3, -0.25) is 4.79 Å². The maximum absolute atomic E-state index is 12.0. The Morgan fingerprint density at radius 3 is 2.12 bits per heavy atom. The van der Waals surface area contributed by atoms with Crippen LogP contribution in [0.5, 0.6) is 0 Å². The second-order valence-electron chi connectivity index (χ2n) is 7.64. The van der Waals surface area contributed by atoms with E-state index in [-0.39, 0.29) is 18.2 Å². The van der Waals surface area contributed by atoms with E-state index in [1.165, 1.54) is 7.11 Å². The number of esters is 2. The van der Waals surface area contributed by atoms with Gasteiger partial charge in [-0.1, -0.05) is 26.0 Å². The molecule has 6 nitrogen and oxygen atoms in total. The molecular formula is C20H29NO5. The summed E-state index contributed by atoms with van der Waals surface area (Å²) in [6.07, 6.45) is 0.621. The van der Waals surface area contributed by atoms with Crippen molar-refractivity contribution < 1.29 is 23.9 Å². The molecule has 1 aromatic carbocycles. The van der Waals surface area contributed by atoms with Crippen molar-refractivity contribution in [2.75, 3.05) is 7.11 Å². The van der Waals surface area contributed by atoms with Crippen LogP contribution in [0.1, 0.15) is 57.0 Å². The van der Waals surface area contributed by atoms with Crippen molar-refractivity contribution in [3.8, 4) is 0 Å². The van der Waals surface area contributed by atoms with E-state index in [4.69, 9.17) is 9.47 Å². The Hall–Kier alpha value is -2.37. The summed E-state index contributed by atoms with van der Waals surface area (Å²) in [5.41, 5.74) is 0.673. The molecular weight excluding hydrogens is 334 g/mol. The summed E-state index contributed by atoms with van der Waals surface area (Å²) in [5.74, 6) is -0.903. The normalized spacial score (nSPS) is 12.4. The number of amides is 1. The average molecular weight is 363 g/mol. The number of carbonyl (C=O) groups excluding carboxylic acids is 3. The molecule has 0 aliphatic heterocycles. The van der Waals surface area contributed by atoms with Gasteiger partial charge in [0.25, 0.3) is 0 Å². The van der Waals surface area contributed by atoms with E-state index in [0.29, 0.717) is 12.0 Å². The van der Waals surface area contributed by atoms with Gasteiger partial charge in [-0.05, 0) is 44.4 Å². The Morgan fingerprint density at radius 2 is 1.65 bits per heavy atom. The summed E-state index contributed by atoms with van der Waals surface area (Å²) >= 11 is 0. The first-order chi connectivity index (χ1) is 12.0. The molecule has 0 heterocycles.